The van der Waals surface area contributed by atoms with Gasteiger partial charge >= 0.3 is 0 Å². The molecule has 2 saturated heterocycles. The van der Waals surface area contributed by atoms with Crippen molar-refractivity contribution in [1.29, 1.82) is 0 Å². The number of piperidine rings is 2. The monoisotopic (exact) mass is 744 g/mol. The maximum atomic E-state index is 3.95. The fourth-order valence-corrected chi connectivity index (χ4v) is 22.3. The number of nitrogens with one attached hydrogen (secondary N) is 2. The first kappa shape index (κ1) is 34.9. The van der Waals surface area contributed by atoms with Gasteiger partial charge in [-0.3, -0.25) is 0 Å². The Morgan fingerprint density at radius 1 is 0.623 bits per heavy atom. The predicted molar refractivity (Wildman–Crippen MR) is 228 cm³/mol. The number of hydrogen-bond acceptors (Lipinski definition) is 2. The summed E-state index contributed by atoms with van der Waals surface area (Å²) in [4.78, 5) is 0. The van der Waals surface area contributed by atoms with Crippen LogP contribution in [0.5, 0.6) is 0 Å². The van der Waals surface area contributed by atoms with Gasteiger partial charge < -0.3 is 10.6 Å². The van der Waals surface area contributed by atoms with Crippen molar-refractivity contribution < 1.29 is 0 Å². The Kier molecular flexibility index (Phi) is 9.01. The number of rotatable bonds is 9. The molecule has 4 heteroatoms. The van der Waals surface area contributed by atoms with Crippen molar-refractivity contribution in [3.8, 4) is 0 Å². The molecule has 4 atom stereocenters. The highest BCUT2D eigenvalue weighted by Crippen LogP contribution is 2.80. The van der Waals surface area contributed by atoms with E-state index in [1.165, 1.54) is 63.6 Å². The molecule has 2 heterocycles. The molecule has 2 aromatic carbocycles. The van der Waals surface area contributed by atoms with Gasteiger partial charge in [-0.15, -0.1) is 9.24 Å². The summed E-state index contributed by atoms with van der Waals surface area (Å²) in [6, 6.07) is 23.7. The molecule has 53 heavy (non-hydrogen) atoms. The van der Waals surface area contributed by atoms with Crippen LogP contribution in [0.25, 0.3) is 5.57 Å². The predicted octanol–water partition coefficient (Wildman–Crippen LogP) is 11.2. The molecule has 0 spiro atoms. The van der Waals surface area contributed by atoms with Crippen LogP contribution in [-0.2, 0) is 0 Å². The van der Waals surface area contributed by atoms with Crippen LogP contribution in [0.1, 0.15) is 120 Å². The summed E-state index contributed by atoms with van der Waals surface area (Å²) >= 11 is 0. The highest BCUT2D eigenvalue weighted by molar-refractivity contribution is 7.61. The molecule has 2 aliphatic heterocycles. The fraction of sp³-hybridized carbons (Fsp3) is 0.673. The summed E-state index contributed by atoms with van der Waals surface area (Å²) in [6.07, 6.45) is 28.6. The molecule has 4 unspecified atom stereocenters. The van der Waals surface area contributed by atoms with E-state index >= 15 is 0 Å². The lowest BCUT2D eigenvalue weighted by atomic mass is 9.55. The lowest BCUT2D eigenvalue weighted by Crippen LogP contribution is -2.57. The molecule has 8 bridgehead atoms. The van der Waals surface area contributed by atoms with Crippen LogP contribution in [0.4, 0.5) is 0 Å². The molecule has 282 valence electrons. The standard InChI is InChI=1S/C49H66N2P2/c52-49(41-13-7-15-50-30-41,42-14-8-16-51-31-42)45-23-43(39-9-3-1-4-10-39)46(40-11-5-2-6-12-40)44(45)32-53(47-24-33-17-34(25-47)19-35(18-33)26-47)48-27-36-20-37(28-48)22-38(21-36)29-48/h1-6,9-12,23,33-38,41-42,46,50-51H,7-8,13-22,24-32,52H2. The molecular weight excluding hydrogens is 679 g/mol. The third kappa shape index (κ3) is 5.90. The number of hydrogen-bond donors (Lipinski definition) is 2. The summed E-state index contributed by atoms with van der Waals surface area (Å²) in [5.41, 5.74) is 8.30. The van der Waals surface area contributed by atoms with Crippen LogP contribution < -0.4 is 10.6 Å². The van der Waals surface area contributed by atoms with Crippen LogP contribution in [0.15, 0.2) is 77.9 Å². The summed E-state index contributed by atoms with van der Waals surface area (Å²) < 4.78 is 0. The number of benzene rings is 2. The van der Waals surface area contributed by atoms with Gasteiger partial charge in [0.2, 0.25) is 0 Å². The van der Waals surface area contributed by atoms with E-state index in [4.69, 9.17) is 0 Å². The zero-order valence-corrected chi connectivity index (χ0v) is 34.5. The van der Waals surface area contributed by atoms with Crippen LogP contribution in [0.2, 0.25) is 0 Å². The average molecular weight is 745 g/mol. The van der Waals surface area contributed by atoms with E-state index in [-0.39, 0.29) is 13.1 Å². The van der Waals surface area contributed by atoms with E-state index < -0.39 is 0 Å². The molecule has 2 nitrogen and oxygen atoms in total. The minimum absolute atomic E-state index is 0.0870. The second-order valence-corrected chi connectivity index (χ2v) is 24.7. The molecule has 11 aliphatic rings. The normalized spacial score (nSPS) is 43.2. The summed E-state index contributed by atoms with van der Waals surface area (Å²) in [6.45, 7) is 4.71. The minimum Gasteiger partial charge on any atom is -0.316 e. The first-order valence-corrected chi connectivity index (χ1v) is 24.6. The largest absolute Gasteiger partial charge is 0.316 e. The third-order valence-electron chi connectivity index (χ3n) is 17.4. The van der Waals surface area contributed by atoms with Gasteiger partial charge in [-0.25, -0.2) is 0 Å². The highest BCUT2D eigenvalue weighted by Gasteiger charge is 2.63. The highest BCUT2D eigenvalue weighted by atomic mass is 31.1. The Bertz CT molecular complexity index is 1580. The van der Waals surface area contributed by atoms with E-state index in [9.17, 15) is 0 Å². The van der Waals surface area contributed by atoms with Gasteiger partial charge in [0, 0.05) is 11.1 Å². The van der Waals surface area contributed by atoms with Gasteiger partial charge in [0.25, 0.3) is 0 Å². The minimum atomic E-state index is -0.165. The molecular formula is C49H66N2P2. The van der Waals surface area contributed by atoms with Gasteiger partial charge in [0.15, 0.2) is 0 Å². The summed E-state index contributed by atoms with van der Waals surface area (Å²) in [7, 11) is 3.58. The Labute approximate surface area is 324 Å². The SMILES string of the molecule is PC(C1=C(CP(C23CC4CC(CC(C4)C2)C3)C23CC4CC(CC(C4)C2)C3)C(c2ccccc2)C(c2ccccc2)=C1)(C1CCCNC1)C1CCCNC1. The lowest BCUT2D eigenvalue weighted by Gasteiger charge is -2.68. The van der Waals surface area contributed by atoms with Crippen LogP contribution >= 0.6 is 17.2 Å². The van der Waals surface area contributed by atoms with Crippen LogP contribution in [0.3, 0.4) is 0 Å². The maximum absolute atomic E-state index is 3.95. The molecule has 13 rings (SSSR count). The van der Waals surface area contributed by atoms with Crippen molar-refractivity contribution >= 4 is 22.7 Å². The van der Waals surface area contributed by atoms with Gasteiger partial charge in [-0.1, -0.05) is 74.7 Å². The average Bonchev–Trinajstić information content (AvgIpc) is 3.57. The Hall–Kier alpha value is -1.30. The van der Waals surface area contributed by atoms with Gasteiger partial charge in [0.1, 0.15) is 0 Å². The van der Waals surface area contributed by atoms with Crippen LogP contribution in [-0.4, -0.2) is 47.8 Å². The zero-order chi connectivity index (χ0) is 35.2. The third-order valence-corrected chi connectivity index (χ3v) is 22.7. The van der Waals surface area contributed by atoms with Crippen molar-refractivity contribution in [2.75, 3.05) is 32.3 Å². The Morgan fingerprint density at radius 3 is 1.51 bits per heavy atom. The lowest BCUT2D eigenvalue weighted by molar-refractivity contribution is 0.0187. The summed E-state index contributed by atoms with van der Waals surface area (Å²) in [5, 5.41) is 9.25. The first-order chi connectivity index (χ1) is 26.0. The van der Waals surface area contributed by atoms with Gasteiger partial charge in [0.05, 0.1) is 0 Å². The molecule has 0 radical (unpaired) electrons. The molecule has 2 N–H and O–H groups in total. The van der Waals surface area contributed by atoms with Gasteiger partial charge in [-0.05, 0) is 221 Å². The van der Waals surface area contributed by atoms with Crippen molar-refractivity contribution in [2.24, 2.45) is 47.3 Å². The van der Waals surface area contributed by atoms with Crippen molar-refractivity contribution in [3.63, 3.8) is 0 Å². The molecule has 2 aromatic rings. The van der Waals surface area contributed by atoms with E-state index in [1.54, 1.807) is 93.8 Å². The van der Waals surface area contributed by atoms with E-state index in [0.29, 0.717) is 28.1 Å². The smallest absolute Gasteiger partial charge is 0.0314 e. The topological polar surface area (TPSA) is 24.1 Å². The van der Waals surface area contributed by atoms with E-state index in [0.717, 1.165) is 35.5 Å². The molecule has 0 aromatic heterocycles. The van der Waals surface area contributed by atoms with Crippen LogP contribution in [0, 0.1) is 47.3 Å². The second-order valence-electron chi connectivity index (χ2n) is 20.6. The van der Waals surface area contributed by atoms with Gasteiger partial charge in [-0.2, -0.15) is 0 Å². The number of allylic oxidation sites excluding steroid dienone is 4. The maximum Gasteiger partial charge on any atom is 0.0314 e. The molecule has 8 saturated carbocycles. The van der Waals surface area contributed by atoms with Crippen molar-refractivity contribution in [1.82, 2.24) is 10.6 Å². The van der Waals surface area contributed by atoms with E-state index in [2.05, 4.69) is 86.6 Å². The fourth-order valence-electron chi connectivity index (χ4n) is 16.3. The quantitative estimate of drug-likeness (QED) is 0.250. The van der Waals surface area contributed by atoms with Crippen molar-refractivity contribution in [2.45, 2.75) is 124 Å². The molecule has 10 fully saturated rings. The molecule has 9 aliphatic carbocycles. The second kappa shape index (κ2) is 13.7. The van der Waals surface area contributed by atoms with E-state index in [1.807, 2.05) is 5.57 Å². The van der Waals surface area contributed by atoms with Crippen molar-refractivity contribution in [3.05, 3.63) is 89.0 Å². The zero-order valence-electron chi connectivity index (χ0n) is 32.4. The Balaban J connectivity index is 1.12. The summed E-state index contributed by atoms with van der Waals surface area (Å²) in [5.74, 6) is 7.86. The Morgan fingerprint density at radius 2 is 1.08 bits per heavy atom. The molecule has 0 amide bonds. The first-order valence-electron chi connectivity index (χ1n) is 22.5.